The van der Waals surface area contributed by atoms with Gasteiger partial charge < -0.3 is 19.9 Å². The number of nitrogens with one attached hydrogen (secondary N) is 1. The zero-order valence-electron chi connectivity index (χ0n) is 19.6. The number of hydrogen-bond acceptors (Lipinski definition) is 4. The van der Waals surface area contributed by atoms with E-state index in [1.165, 1.54) is 0 Å². The molecule has 1 fully saturated rings. The fraction of sp³-hybridized carbons (Fsp3) is 0.462. The van der Waals surface area contributed by atoms with Crippen LogP contribution in [0.1, 0.15) is 44.5 Å². The second kappa shape index (κ2) is 11.0. The lowest BCUT2D eigenvalue weighted by Crippen LogP contribution is -2.49. The number of benzene rings is 2. The third-order valence-corrected chi connectivity index (χ3v) is 5.39. The summed E-state index contributed by atoms with van der Waals surface area (Å²) in [4.78, 5) is 29.2. The maximum Gasteiger partial charge on any atom is 0.255 e. The number of ether oxygens (including phenoxy) is 1. The van der Waals surface area contributed by atoms with Gasteiger partial charge in [0, 0.05) is 49.5 Å². The van der Waals surface area contributed by atoms with Crippen molar-refractivity contribution in [1.29, 1.82) is 0 Å². The Kier molecular flexibility index (Phi) is 8.14. The molecular formula is C26H35N3O3. The number of hydrogen-bond donors (Lipinski definition) is 1. The summed E-state index contributed by atoms with van der Waals surface area (Å²) in [5, 5.41) is 2.95. The van der Waals surface area contributed by atoms with Gasteiger partial charge in [0.2, 0.25) is 5.91 Å². The van der Waals surface area contributed by atoms with E-state index in [0.29, 0.717) is 36.2 Å². The second-order valence-electron chi connectivity index (χ2n) is 9.20. The van der Waals surface area contributed by atoms with E-state index < -0.39 is 0 Å². The predicted molar refractivity (Wildman–Crippen MR) is 129 cm³/mol. The van der Waals surface area contributed by atoms with Crippen molar-refractivity contribution in [2.24, 2.45) is 11.8 Å². The standard InChI is InChI=1S/C26H35N3O3/c1-19(2)16-25(30)29-14-12-28(13-15-29)23-10-8-22(9-11-23)27-26(31)21-6-5-7-24(17-21)32-18-20(3)4/h5-11,17,19-20H,12-16,18H2,1-4H3,(H,27,31). The molecule has 6 nitrogen and oxygen atoms in total. The van der Waals surface area contributed by atoms with Crippen LogP contribution in [0.2, 0.25) is 0 Å². The molecule has 2 aromatic rings. The molecule has 0 unspecified atom stereocenters. The Balaban J connectivity index is 1.53. The van der Waals surface area contributed by atoms with Gasteiger partial charge in [-0.1, -0.05) is 33.8 Å². The first-order valence-electron chi connectivity index (χ1n) is 11.5. The van der Waals surface area contributed by atoms with E-state index in [0.717, 1.165) is 37.6 Å². The lowest BCUT2D eigenvalue weighted by Gasteiger charge is -2.36. The quantitative estimate of drug-likeness (QED) is 0.652. The molecule has 1 heterocycles. The van der Waals surface area contributed by atoms with Crippen molar-refractivity contribution in [3.05, 3.63) is 54.1 Å². The van der Waals surface area contributed by atoms with Crippen LogP contribution >= 0.6 is 0 Å². The van der Waals surface area contributed by atoms with Crippen molar-refractivity contribution >= 4 is 23.2 Å². The number of amides is 2. The Bertz CT molecular complexity index is 901. The number of anilines is 2. The first kappa shape index (κ1) is 23.6. The summed E-state index contributed by atoms with van der Waals surface area (Å²) in [6, 6.07) is 15.1. The zero-order valence-corrected chi connectivity index (χ0v) is 19.6. The van der Waals surface area contributed by atoms with E-state index in [4.69, 9.17) is 4.74 Å². The van der Waals surface area contributed by atoms with Crippen molar-refractivity contribution in [3.63, 3.8) is 0 Å². The van der Waals surface area contributed by atoms with E-state index in [9.17, 15) is 9.59 Å². The molecule has 3 rings (SSSR count). The minimum atomic E-state index is -0.162. The summed E-state index contributed by atoms with van der Waals surface area (Å²) in [7, 11) is 0. The Morgan fingerprint density at radius 2 is 1.62 bits per heavy atom. The Morgan fingerprint density at radius 1 is 0.938 bits per heavy atom. The lowest BCUT2D eigenvalue weighted by molar-refractivity contribution is -0.132. The summed E-state index contributed by atoms with van der Waals surface area (Å²) in [6.45, 7) is 12.1. The third-order valence-electron chi connectivity index (χ3n) is 5.39. The van der Waals surface area contributed by atoms with Gasteiger partial charge in [0.15, 0.2) is 0 Å². The van der Waals surface area contributed by atoms with Gasteiger partial charge in [-0.2, -0.15) is 0 Å². The molecule has 0 atom stereocenters. The molecule has 1 aliphatic rings. The SMILES string of the molecule is CC(C)COc1cccc(C(=O)Nc2ccc(N3CCN(C(=O)CC(C)C)CC3)cc2)c1. The fourth-order valence-corrected chi connectivity index (χ4v) is 3.64. The molecule has 0 spiro atoms. The summed E-state index contributed by atoms with van der Waals surface area (Å²) in [5.41, 5.74) is 2.42. The summed E-state index contributed by atoms with van der Waals surface area (Å²) < 4.78 is 5.72. The van der Waals surface area contributed by atoms with E-state index >= 15 is 0 Å². The van der Waals surface area contributed by atoms with E-state index in [2.05, 4.69) is 37.9 Å². The van der Waals surface area contributed by atoms with Crippen LogP contribution in [0.3, 0.4) is 0 Å². The van der Waals surface area contributed by atoms with Gasteiger partial charge in [-0.25, -0.2) is 0 Å². The van der Waals surface area contributed by atoms with Gasteiger partial charge in [-0.15, -0.1) is 0 Å². The van der Waals surface area contributed by atoms with Crippen LogP contribution in [0.15, 0.2) is 48.5 Å². The van der Waals surface area contributed by atoms with Crippen LogP contribution in [0, 0.1) is 11.8 Å². The first-order valence-corrected chi connectivity index (χ1v) is 11.5. The maximum absolute atomic E-state index is 12.7. The third kappa shape index (κ3) is 6.74. The summed E-state index contributed by atoms with van der Waals surface area (Å²) >= 11 is 0. The molecule has 2 amide bonds. The van der Waals surface area contributed by atoms with Crippen molar-refractivity contribution < 1.29 is 14.3 Å². The average molecular weight is 438 g/mol. The molecule has 0 saturated carbocycles. The largest absolute Gasteiger partial charge is 0.493 e. The molecule has 0 aromatic heterocycles. The highest BCUT2D eigenvalue weighted by Crippen LogP contribution is 2.21. The second-order valence-corrected chi connectivity index (χ2v) is 9.20. The van der Waals surface area contributed by atoms with Crippen molar-refractivity contribution in [2.75, 3.05) is 43.0 Å². The van der Waals surface area contributed by atoms with E-state index in [1.807, 2.05) is 41.3 Å². The fourth-order valence-electron chi connectivity index (χ4n) is 3.64. The number of nitrogens with zero attached hydrogens (tertiary/aromatic N) is 2. The number of carbonyl (C=O) groups excluding carboxylic acids is 2. The minimum Gasteiger partial charge on any atom is -0.493 e. The van der Waals surface area contributed by atoms with Crippen molar-refractivity contribution in [1.82, 2.24) is 4.90 Å². The molecule has 0 radical (unpaired) electrons. The van der Waals surface area contributed by atoms with Crippen molar-refractivity contribution in [2.45, 2.75) is 34.1 Å². The van der Waals surface area contributed by atoms with Gasteiger partial charge in [0.1, 0.15) is 5.75 Å². The molecular weight excluding hydrogens is 402 g/mol. The number of rotatable bonds is 8. The highest BCUT2D eigenvalue weighted by Gasteiger charge is 2.21. The van der Waals surface area contributed by atoms with Gasteiger partial charge in [0.25, 0.3) is 5.91 Å². The Hall–Kier alpha value is -3.02. The van der Waals surface area contributed by atoms with Crippen LogP contribution in [0.25, 0.3) is 0 Å². The van der Waals surface area contributed by atoms with Crippen LogP contribution in [-0.4, -0.2) is 49.5 Å². The molecule has 2 aromatic carbocycles. The van der Waals surface area contributed by atoms with E-state index in [-0.39, 0.29) is 11.8 Å². The van der Waals surface area contributed by atoms with Crippen LogP contribution < -0.4 is 15.0 Å². The lowest BCUT2D eigenvalue weighted by atomic mass is 10.1. The average Bonchev–Trinajstić information content (AvgIpc) is 2.78. The van der Waals surface area contributed by atoms with Crippen LogP contribution in [0.4, 0.5) is 11.4 Å². The van der Waals surface area contributed by atoms with E-state index in [1.54, 1.807) is 12.1 Å². The summed E-state index contributed by atoms with van der Waals surface area (Å²) in [5.74, 6) is 1.60. The van der Waals surface area contributed by atoms with Crippen molar-refractivity contribution in [3.8, 4) is 5.75 Å². The highest BCUT2D eigenvalue weighted by atomic mass is 16.5. The van der Waals surface area contributed by atoms with Gasteiger partial charge in [0.05, 0.1) is 6.61 Å². The predicted octanol–water partition coefficient (Wildman–Crippen LogP) is 4.67. The molecule has 172 valence electrons. The first-order chi connectivity index (χ1) is 15.3. The maximum atomic E-state index is 12.7. The molecule has 0 aliphatic carbocycles. The molecule has 1 saturated heterocycles. The Labute approximate surface area is 191 Å². The smallest absolute Gasteiger partial charge is 0.255 e. The Morgan fingerprint density at radius 3 is 2.25 bits per heavy atom. The van der Waals surface area contributed by atoms with Crippen LogP contribution in [-0.2, 0) is 4.79 Å². The number of carbonyl (C=O) groups is 2. The highest BCUT2D eigenvalue weighted by molar-refractivity contribution is 6.04. The summed E-state index contributed by atoms with van der Waals surface area (Å²) in [6.07, 6.45) is 0.612. The topological polar surface area (TPSA) is 61.9 Å². The van der Waals surface area contributed by atoms with Crippen LogP contribution in [0.5, 0.6) is 5.75 Å². The monoisotopic (exact) mass is 437 g/mol. The molecule has 1 aliphatic heterocycles. The molecule has 6 heteroatoms. The van der Waals surface area contributed by atoms with Gasteiger partial charge >= 0.3 is 0 Å². The zero-order chi connectivity index (χ0) is 23.1. The number of piperazine rings is 1. The van der Waals surface area contributed by atoms with Gasteiger partial charge in [-0.3, -0.25) is 9.59 Å². The molecule has 32 heavy (non-hydrogen) atoms. The molecule has 1 N–H and O–H groups in total. The minimum absolute atomic E-state index is 0.162. The normalized spacial score (nSPS) is 14.1. The van der Waals surface area contributed by atoms with Gasteiger partial charge in [-0.05, 0) is 54.3 Å². The molecule has 0 bridgehead atoms.